The maximum absolute atomic E-state index is 5.19. The molecule has 3 nitrogen and oxygen atoms in total. The quantitative estimate of drug-likeness (QED) is 0.928. The smallest absolute Gasteiger partial charge is 0.119 e. The van der Waals surface area contributed by atoms with E-state index in [4.69, 9.17) is 4.74 Å². The molecule has 0 fully saturated rings. The summed E-state index contributed by atoms with van der Waals surface area (Å²) < 4.78 is 5.19. The van der Waals surface area contributed by atoms with Gasteiger partial charge in [-0.2, -0.15) is 0 Å². The molecule has 0 unspecified atom stereocenters. The van der Waals surface area contributed by atoms with Gasteiger partial charge in [0.25, 0.3) is 0 Å². The first-order valence-corrected chi connectivity index (χ1v) is 5.95. The number of methoxy groups -OCH3 is 1. The van der Waals surface area contributed by atoms with Crippen molar-refractivity contribution < 1.29 is 4.74 Å². The van der Waals surface area contributed by atoms with E-state index in [2.05, 4.69) is 15.7 Å². The van der Waals surface area contributed by atoms with Gasteiger partial charge in [-0.3, -0.25) is 0 Å². The summed E-state index contributed by atoms with van der Waals surface area (Å²) in [6, 6.07) is 7.95. The van der Waals surface area contributed by atoms with E-state index in [9.17, 15) is 0 Å². The summed E-state index contributed by atoms with van der Waals surface area (Å²) in [6.07, 6.45) is 0. The average molecular weight is 271 g/mol. The van der Waals surface area contributed by atoms with Crippen LogP contribution in [-0.2, 0) is 6.54 Å². The zero-order valence-corrected chi connectivity index (χ0v) is 11.4. The molecule has 0 spiro atoms. The normalized spacial score (nSPS) is 9.76. The van der Waals surface area contributed by atoms with Gasteiger partial charge in [0.1, 0.15) is 10.8 Å². The Balaban J connectivity index is 0.00000144. The van der Waals surface area contributed by atoms with Crippen molar-refractivity contribution in [2.45, 2.75) is 6.54 Å². The molecule has 5 heteroatoms. The van der Waals surface area contributed by atoms with Gasteiger partial charge in [0.2, 0.25) is 0 Å². The lowest BCUT2D eigenvalue weighted by atomic mass is 10.2. The minimum absolute atomic E-state index is 0. The number of thiazole rings is 1. The van der Waals surface area contributed by atoms with Gasteiger partial charge in [0.05, 0.1) is 12.8 Å². The molecule has 0 bridgehead atoms. The van der Waals surface area contributed by atoms with E-state index < -0.39 is 0 Å². The number of hydrogen-bond acceptors (Lipinski definition) is 4. The van der Waals surface area contributed by atoms with Crippen LogP contribution in [0.5, 0.6) is 5.75 Å². The summed E-state index contributed by atoms with van der Waals surface area (Å²) in [7, 11) is 3.60. The molecular formula is C12H15ClN2OS. The third kappa shape index (κ3) is 3.43. The molecule has 0 aliphatic carbocycles. The fraction of sp³-hybridized carbons (Fsp3) is 0.250. The number of nitrogens with one attached hydrogen (secondary N) is 1. The first-order chi connectivity index (χ1) is 7.83. The molecule has 92 valence electrons. The van der Waals surface area contributed by atoms with Crippen LogP contribution in [0, 0.1) is 0 Å². The van der Waals surface area contributed by atoms with Crippen LogP contribution in [0.1, 0.15) is 5.01 Å². The van der Waals surface area contributed by atoms with Crippen LogP contribution in [0.25, 0.3) is 11.3 Å². The summed E-state index contributed by atoms with van der Waals surface area (Å²) in [4.78, 5) is 4.55. The summed E-state index contributed by atoms with van der Waals surface area (Å²) in [5.74, 6) is 0.862. The highest BCUT2D eigenvalue weighted by atomic mass is 35.5. The number of nitrogens with zero attached hydrogens (tertiary/aromatic N) is 1. The topological polar surface area (TPSA) is 34.2 Å². The molecule has 1 N–H and O–H groups in total. The standard InChI is InChI=1S/C12H14N2OS.ClH/c1-13-7-12-14-11(8-16-12)9-4-3-5-10(6-9)15-2;/h3-6,8,13H,7H2,1-2H3;1H. The number of benzene rings is 1. The molecule has 0 amide bonds. The summed E-state index contributed by atoms with van der Waals surface area (Å²) >= 11 is 1.67. The molecule has 0 atom stereocenters. The number of hydrogen-bond donors (Lipinski definition) is 1. The third-order valence-corrected chi connectivity index (χ3v) is 3.09. The van der Waals surface area contributed by atoms with Gasteiger partial charge in [-0.25, -0.2) is 4.98 Å². The minimum atomic E-state index is 0. The molecule has 1 aromatic heterocycles. The minimum Gasteiger partial charge on any atom is -0.497 e. The van der Waals surface area contributed by atoms with Crippen molar-refractivity contribution in [1.29, 1.82) is 0 Å². The third-order valence-electron chi connectivity index (χ3n) is 2.25. The summed E-state index contributed by atoms with van der Waals surface area (Å²) in [5.41, 5.74) is 2.10. The maximum atomic E-state index is 5.19. The molecule has 2 aromatic rings. The van der Waals surface area contributed by atoms with Crippen LogP contribution in [-0.4, -0.2) is 19.1 Å². The number of halogens is 1. The number of ether oxygens (including phenoxy) is 1. The average Bonchev–Trinajstić information content (AvgIpc) is 2.78. The Hall–Kier alpha value is -1.10. The second kappa shape index (κ2) is 6.59. The first-order valence-electron chi connectivity index (χ1n) is 5.07. The molecule has 0 aliphatic rings. The Bertz CT molecular complexity index is 473. The van der Waals surface area contributed by atoms with E-state index in [0.717, 1.165) is 28.6 Å². The molecule has 0 saturated heterocycles. The number of aromatic nitrogens is 1. The molecule has 1 aromatic carbocycles. The Labute approximate surface area is 111 Å². The molecule has 0 radical (unpaired) electrons. The predicted molar refractivity (Wildman–Crippen MR) is 74.1 cm³/mol. The van der Waals surface area contributed by atoms with Crippen LogP contribution in [0.3, 0.4) is 0 Å². The first kappa shape index (κ1) is 14.0. The van der Waals surface area contributed by atoms with Crippen molar-refractivity contribution in [3.63, 3.8) is 0 Å². The highest BCUT2D eigenvalue weighted by Gasteiger charge is 2.04. The summed E-state index contributed by atoms with van der Waals surface area (Å²) in [6.45, 7) is 0.814. The van der Waals surface area contributed by atoms with Gasteiger partial charge in [0.15, 0.2) is 0 Å². The number of rotatable bonds is 4. The monoisotopic (exact) mass is 270 g/mol. The van der Waals surface area contributed by atoms with Crippen LogP contribution >= 0.6 is 23.7 Å². The van der Waals surface area contributed by atoms with Crippen molar-refractivity contribution in [3.05, 3.63) is 34.7 Å². The SMILES string of the molecule is CNCc1nc(-c2cccc(OC)c2)cs1.Cl. The second-order valence-electron chi connectivity index (χ2n) is 3.39. The molecule has 1 heterocycles. The lowest BCUT2D eigenvalue weighted by molar-refractivity contribution is 0.415. The van der Waals surface area contributed by atoms with Crippen molar-refractivity contribution >= 4 is 23.7 Å². The van der Waals surface area contributed by atoms with E-state index >= 15 is 0 Å². The van der Waals surface area contributed by atoms with E-state index in [0.29, 0.717) is 0 Å². The fourth-order valence-corrected chi connectivity index (χ4v) is 2.27. The molecule has 0 saturated carbocycles. The van der Waals surface area contributed by atoms with Gasteiger partial charge in [-0.15, -0.1) is 23.7 Å². The van der Waals surface area contributed by atoms with Crippen LogP contribution in [0.4, 0.5) is 0 Å². The van der Waals surface area contributed by atoms with E-state index in [-0.39, 0.29) is 12.4 Å². The summed E-state index contributed by atoms with van der Waals surface area (Å²) in [5, 5.41) is 6.26. The fourth-order valence-electron chi connectivity index (χ4n) is 1.46. The van der Waals surface area contributed by atoms with Crippen LogP contribution in [0.15, 0.2) is 29.6 Å². The van der Waals surface area contributed by atoms with E-state index in [1.807, 2.05) is 31.3 Å². The highest BCUT2D eigenvalue weighted by Crippen LogP contribution is 2.25. The van der Waals surface area contributed by atoms with Crippen LogP contribution in [0.2, 0.25) is 0 Å². The van der Waals surface area contributed by atoms with Gasteiger partial charge >= 0.3 is 0 Å². The van der Waals surface area contributed by atoms with Gasteiger partial charge in [0, 0.05) is 17.5 Å². The molecule has 0 aliphatic heterocycles. The van der Waals surface area contributed by atoms with Gasteiger partial charge in [-0.05, 0) is 19.2 Å². The molecule has 17 heavy (non-hydrogen) atoms. The predicted octanol–water partition coefficient (Wildman–Crippen LogP) is 2.96. The van der Waals surface area contributed by atoms with E-state index in [1.165, 1.54) is 0 Å². The zero-order valence-electron chi connectivity index (χ0n) is 9.77. The van der Waals surface area contributed by atoms with Gasteiger partial charge in [-0.1, -0.05) is 12.1 Å². The van der Waals surface area contributed by atoms with Crippen molar-refractivity contribution in [3.8, 4) is 17.0 Å². The largest absolute Gasteiger partial charge is 0.497 e. The van der Waals surface area contributed by atoms with Crippen molar-refractivity contribution in [2.24, 2.45) is 0 Å². The molecule has 2 rings (SSSR count). The van der Waals surface area contributed by atoms with Gasteiger partial charge < -0.3 is 10.1 Å². The Morgan fingerprint density at radius 1 is 1.41 bits per heavy atom. The molecular weight excluding hydrogens is 256 g/mol. The zero-order chi connectivity index (χ0) is 11.4. The van der Waals surface area contributed by atoms with Crippen molar-refractivity contribution in [2.75, 3.05) is 14.2 Å². The van der Waals surface area contributed by atoms with E-state index in [1.54, 1.807) is 18.4 Å². The van der Waals surface area contributed by atoms with Crippen LogP contribution < -0.4 is 10.1 Å². The second-order valence-corrected chi connectivity index (χ2v) is 4.33. The Kier molecular flexibility index (Phi) is 5.41. The Morgan fingerprint density at radius 3 is 2.94 bits per heavy atom. The Morgan fingerprint density at radius 2 is 2.24 bits per heavy atom. The maximum Gasteiger partial charge on any atom is 0.119 e. The lowest BCUT2D eigenvalue weighted by Crippen LogP contribution is -2.04. The lowest BCUT2D eigenvalue weighted by Gasteiger charge is -2.01. The highest BCUT2D eigenvalue weighted by molar-refractivity contribution is 7.09. The van der Waals surface area contributed by atoms with Crippen molar-refractivity contribution in [1.82, 2.24) is 10.3 Å².